The Labute approximate surface area is 242 Å². The molecule has 0 radical (unpaired) electrons. The number of carbonyl (C=O) groups excluding carboxylic acids is 2. The molecule has 0 bridgehead atoms. The number of carboxylic acid groups (broad SMARTS) is 1. The Bertz CT molecular complexity index is 1600. The van der Waals surface area contributed by atoms with E-state index in [1.54, 1.807) is 24.3 Å². The summed E-state index contributed by atoms with van der Waals surface area (Å²) in [5, 5.41) is 25.7. The van der Waals surface area contributed by atoms with Crippen LogP contribution in [0.15, 0.2) is 24.3 Å². The first-order valence-electron chi connectivity index (χ1n) is 13.3. The number of aliphatic carboxylic acids is 1. The monoisotopic (exact) mass is 597 g/mol. The molecule has 1 aliphatic carbocycles. The molecule has 2 heterocycles. The molecule has 2 amide bonds. The highest BCUT2D eigenvalue weighted by Gasteiger charge is 2.63. The number of nitrogens with zero attached hydrogens (tertiary/aromatic N) is 6. The number of benzene rings is 1. The van der Waals surface area contributed by atoms with Crippen LogP contribution in [0.4, 0.5) is 0 Å². The normalized spacial score (nSPS) is 15.7. The van der Waals surface area contributed by atoms with Crippen molar-refractivity contribution in [1.29, 1.82) is 5.26 Å². The van der Waals surface area contributed by atoms with Gasteiger partial charge in [0.1, 0.15) is 12.3 Å². The molecule has 1 aromatic carbocycles. The van der Waals surface area contributed by atoms with Crippen LogP contribution in [-0.4, -0.2) is 92.8 Å². The lowest BCUT2D eigenvalue weighted by Crippen LogP contribution is -2.53. The van der Waals surface area contributed by atoms with Crippen molar-refractivity contribution in [3.05, 3.63) is 57.9 Å². The van der Waals surface area contributed by atoms with Gasteiger partial charge in [-0.25, -0.2) is 8.42 Å². The number of aromatic nitrogens is 2. The molecule has 14 nitrogen and oxygen atoms in total. The number of hydrogen-bond donors (Lipinski definition) is 2. The Morgan fingerprint density at radius 1 is 1.31 bits per heavy atom. The van der Waals surface area contributed by atoms with E-state index in [4.69, 9.17) is 15.5 Å². The van der Waals surface area contributed by atoms with Gasteiger partial charge in [-0.15, -0.1) is 0 Å². The lowest BCUT2D eigenvalue weighted by Gasteiger charge is -2.33. The molecular weight excluding hydrogens is 566 g/mol. The highest BCUT2D eigenvalue weighted by molar-refractivity contribution is 7.95. The minimum Gasteiger partial charge on any atom is -0.480 e. The largest absolute Gasteiger partial charge is 0.480 e. The van der Waals surface area contributed by atoms with Gasteiger partial charge < -0.3 is 25.6 Å². The number of amides is 2. The predicted molar refractivity (Wildman–Crippen MR) is 147 cm³/mol. The Balaban J connectivity index is 1.58. The quantitative estimate of drug-likeness (QED) is 0.145. The Morgan fingerprint density at radius 2 is 2.00 bits per heavy atom. The van der Waals surface area contributed by atoms with E-state index in [-0.39, 0.29) is 70.0 Å². The maximum Gasteiger partial charge on any atom is 0.324 e. The van der Waals surface area contributed by atoms with E-state index >= 15 is 0 Å². The van der Waals surface area contributed by atoms with Gasteiger partial charge in [0, 0.05) is 25.2 Å². The van der Waals surface area contributed by atoms with Crippen molar-refractivity contribution in [1.82, 2.24) is 20.0 Å². The average molecular weight is 598 g/mol. The molecule has 0 unspecified atom stereocenters. The van der Waals surface area contributed by atoms with Crippen molar-refractivity contribution in [3.63, 3.8) is 0 Å². The molecule has 1 saturated carbocycles. The second kappa shape index (κ2) is 11.8. The first-order chi connectivity index (χ1) is 19.9. The minimum atomic E-state index is -4.16. The molecule has 15 heteroatoms. The molecular formula is C27H31N7O7S. The molecule has 0 atom stereocenters. The molecule has 2 aliphatic rings. The fourth-order valence-electron chi connectivity index (χ4n) is 4.91. The molecule has 42 heavy (non-hydrogen) atoms. The Kier molecular flexibility index (Phi) is 8.63. The third kappa shape index (κ3) is 5.69. The standard InChI is InChI=1S/C27H31N7O7S/c1-26(2,25(37)38)42(39,40)27(8-9-27)17-33-11-7-20-21(23(35)30-16-19-5-3-18(15-28)4-6-19)32-34(22(20)24(33)36)12-14-41-13-10-31-29/h3-6,10H,7-9,11-14,16-17H2,1-2H3,(H,30,35)(H,37,38). The zero-order chi connectivity index (χ0) is 30.7. The van der Waals surface area contributed by atoms with Crippen molar-refractivity contribution in [2.45, 2.75) is 55.7 Å². The van der Waals surface area contributed by atoms with Crippen molar-refractivity contribution in [2.24, 2.45) is 0 Å². The molecule has 0 saturated heterocycles. The molecule has 1 aromatic heterocycles. The van der Waals surface area contributed by atoms with Crippen LogP contribution in [0.3, 0.4) is 0 Å². The van der Waals surface area contributed by atoms with Gasteiger partial charge in [-0.3, -0.25) is 19.1 Å². The lowest BCUT2D eigenvalue weighted by molar-refractivity contribution is -0.139. The number of carboxylic acids is 1. The summed E-state index contributed by atoms with van der Waals surface area (Å²) >= 11 is 0. The first-order valence-corrected chi connectivity index (χ1v) is 14.7. The van der Waals surface area contributed by atoms with Crippen LogP contribution in [0.5, 0.6) is 0 Å². The molecule has 222 valence electrons. The van der Waals surface area contributed by atoms with Gasteiger partial charge in [0.05, 0.1) is 29.5 Å². The summed E-state index contributed by atoms with van der Waals surface area (Å²) in [6, 6.07) is 8.74. The van der Waals surface area contributed by atoms with Crippen LogP contribution in [-0.2, 0) is 38.9 Å². The van der Waals surface area contributed by atoms with Gasteiger partial charge in [0.2, 0.25) is 0 Å². The lowest BCUT2D eigenvalue weighted by atomic mass is 10.0. The highest BCUT2D eigenvalue weighted by Crippen LogP contribution is 2.49. The number of ether oxygens (including phenoxy) is 1. The van der Waals surface area contributed by atoms with E-state index in [1.165, 1.54) is 9.58 Å². The van der Waals surface area contributed by atoms with Gasteiger partial charge in [0.25, 0.3) is 18.0 Å². The van der Waals surface area contributed by atoms with Gasteiger partial charge in [-0.1, -0.05) is 12.1 Å². The van der Waals surface area contributed by atoms with E-state index in [9.17, 15) is 27.9 Å². The maximum absolute atomic E-state index is 13.8. The van der Waals surface area contributed by atoms with Gasteiger partial charge in [-0.2, -0.15) is 15.2 Å². The van der Waals surface area contributed by atoms with Crippen LogP contribution in [0.1, 0.15) is 64.4 Å². The molecule has 1 aliphatic heterocycles. The van der Waals surface area contributed by atoms with Gasteiger partial charge in [-0.05, 0) is 50.8 Å². The number of rotatable bonds is 13. The van der Waals surface area contributed by atoms with E-state index < -0.39 is 37.1 Å². The van der Waals surface area contributed by atoms with Crippen LogP contribution >= 0.6 is 0 Å². The van der Waals surface area contributed by atoms with Gasteiger partial charge in [0.15, 0.2) is 20.3 Å². The van der Waals surface area contributed by atoms with Crippen LogP contribution in [0, 0.1) is 11.3 Å². The van der Waals surface area contributed by atoms with E-state index in [0.717, 1.165) is 25.6 Å². The fourth-order valence-corrected chi connectivity index (χ4v) is 7.19. The minimum absolute atomic E-state index is 0.0116. The van der Waals surface area contributed by atoms with Crippen LogP contribution < -0.4 is 5.32 Å². The smallest absolute Gasteiger partial charge is 0.324 e. The summed E-state index contributed by atoms with van der Waals surface area (Å²) in [6.45, 7) is 2.60. The molecule has 0 spiro atoms. The van der Waals surface area contributed by atoms with Crippen molar-refractivity contribution < 1.29 is 37.4 Å². The second-order valence-corrected chi connectivity index (χ2v) is 13.6. The fraction of sp³-hybridized carbons (Fsp3) is 0.481. The molecule has 4 rings (SSSR count). The van der Waals surface area contributed by atoms with E-state index in [1.807, 2.05) is 6.07 Å². The molecule has 1 fully saturated rings. The second-order valence-electron chi connectivity index (χ2n) is 10.7. The summed E-state index contributed by atoms with van der Waals surface area (Å²) in [5.74, 6) is -2.48. The number of carbonyl (C=O) groups is 3. The third-order valence-electron chi connectivity index (χ3n) is 7.69. The predicted octanol–water partition coefficient (Wildman–Crippen LogP) is 0.811. The van der Waals surface area contributed by atoms with Crippen LogP contribution in [0.2, 0.25) is 0 Å². The average Bonchev–Trinajstić information content (AvgIpc) is 3.67. The summed E-state index contributed by atoms with van der Waals surface area (Å²) in [7, 11) is -4.16. The first kappa shape index (κ1) is 30.6. The Morgan fingerprint density at radius 3 is 2.60 bits per heavy atom. The third-order valence-corrected chi connectivity index (χ3v) is 10.9. The van der Waals surface area contributed by atoms with Crippen molar-refractivity contribution >= 4 is 33.8 Å². The van der Waals surface area contributed by atoms with Crippen molar-refractivity contribution in [2.75, 3.05) is 26.3 Å². The highest BCUT2D eigenvalue weighted by atomic mass is 32.2. The van der Waals surface area contributed by atoms with Gasteiger partial charge >= 0.3 is 5.97 Å². The number of sulfone groups is 1. The summed E-state index contributed by atoms with van der Waals surface area (Å²) in [6.07, 6.45) is 1.86. The maximum atomic E-state index is 13.8. The zero-order valence-corrected chi connectivity index (χ0v) is 24.1. The summed E-state index contributed by atoms with van der Waals surface area (Å²) < 4.78 is 30.1. The number of hydrogen-bond acceptors (Lipinski definition) is 8. The number of fused-ring (bicyclic) bond motifs is 1. The Hall–Kier alpha value is -4.38. The molecule has 2 N–H and O–H groups in total. The molecule has 2 aromatic rings. The topological polar surface area (TPSA) is 208 Å². The zero-order valence-electron chi connectivity index (χ0n) is 23.2. The number of nitrogens with one attached hydrogen (secondary N) is 1. The van der Waals surface area contributed by atoms with Crippen LogP contribution in [0.25, 0.3) is 5.53 Å². The summed E-state index contributed by atoms with van der Waals surface area (Å²) in [4.78, 5) is 43.0. The van der Waals surface area contributed by atoms with Crippen molar-refractivity contribution in [3.8, 4) is 6.07 Å². The SMILES string of the molecule is CC(C)(C(=O)O)S(=O)(=O)C1(CN2CCc3c(C(=O)NCc4ccc(C#N)cc4)nn(CCOCC=[N+]=[N-])c3C2=O)CC1. The van der Waals surface area contributed by atoms with E-state index in [2.05, 4.69) is 15.2 Å². The van der Waals surface area contributed by atoms with E-state index in [0.29, 0.717) is 11.1 Å². The summed E-state index contributed by atoms with van der Waals surface area (Å²) in [5.41, 5.74) is 10.4. The number of nitriles is 1.